The molecule has 0 saturated heterocycles. The highest BCUT2D eigenvalue weighted by Gasteiger charge is 2.69. The average Bonchev–Trinajstić information content (AvgIpc) is 3.07. The van der Waals surface area contributed by atoms with Gasteiger partial charge in [-0.15, -0.1) is 0 Å². The van der Waals surface area contributed by atoms with Gasteiger partial charge >= 0.3 is 0 Å². The first kappa shape index (κ1) is 24.4. The second-order valence-electron chi connectivity index (χ2n) is 12.9. The van der Waals surface area contributed by atoms with Crippen molar-refractivity contribution in [2.45, 2.75) is 117 Å². The minimum atomic E-state index is -1.84. The normalized spacial score (nSPS) is 50.7. The van der Waals surface area contributed by atoms with Gasteiger partial charge in [0.1, 0.15) is 0 Å². The summed E-state index contributed by atoms with van der Waals surface area (Å²) < 4.78 is 16.5. The molecule has 3 N–H and O–H groups in total. The van der Waals surface area contributed by atoms with Gasteiger partial charge in [-0.1, -0.05) is 59.0 Å². The molecular weight excluding hydrogens is 405 g/mol. The van der Waals surface area contributed by atoms with Crippen molar-refractivity contribution in [3.8, 4) is 0 Å². The molecule has 4 aliphatic carbocycles. The monoisotopic (exact) mass is 451 g/mol. The van der Waals surface area contributed by atoms with Crippen LogP contribution in [-0.2, 0) is 0 Å². The Morgan fingerprint density at radius 1 is 1.00 bits per heavy atom. The van der Waals surface area contributed by atoms with Crippen LogP contribution in [0.4, 0.5) is 4.39 Å². The van der Waals surface area contributed by atoms with Gasteiger partial charge in [0, 0.05) is 11.8 Å². The molecule has 0 bridgehead atoms. The van der Waals surface area contributed by atoms with Crippen molar-refractivity contribution >= 4 is 5.71 Å². The Balaban J connectivity index is 1.59. The van der Waals surface area contributed by atoms with E-state index >= 15 is 4.39 Å². The predicted molar refractivity (Wildman–Crippen MR) is 125 cm³/mol. The summed E-state index contributed by atoms with van der Waals surface area (Å²) in [5.41, 5.74) is -2.15. The first-order chi connectivity index (χ1) is 15.0. The van der Waals surface area contributed by atoms with Crippen LogP contribution >= 0.6 is 0 Å². The van der Waals surface area contributed by atoms with Gasteiger partial charge in [0.05, 0.1) is 17.9 Å². The Kier molecular flexibility index (Phi) is 6.51. The zero-order chi connectivity index (χ0) is 23.5. The van der Waals surface area contributed by atoms with Crippen molar-refractivity contribution in [1.82, 2.24) is 0 Å². The van der Waals surface area contributed by atoms with Crippen molar-refractivity contribution in [1.29, 1.82) is 0 Å². The molecule has 0 aromatic heterocycles. The van der Waals surface area contributed by atoms with Gasteiger partial charge < -0.3 is 15.4 Å². The zero-order valence-electron chi connectivity index (χ0n) is 20.9. The van der Waals surface area contributed by atoms with Crippen molar-refractivity contribution in [3.05, 3.63) is 0 Å². The minimum absolute atomic E-state index is 0.160. The van der Waals surface area contributed by atoms with Crippen LogP contribution in [0.15, 0.2) is 5.16 Å². The third kappa shape index (κ3) is 3.56. The summed E-state index contributed by atoms with van der Waals surface area (Å²) in [5.74, 6) is 3.14. The number of rotatable bonds is 5. The van der Waals surface area contributed by atoms with Crippen LogP contribution in [-0.4, -0.2) is 39.0 Å². The minimum Gasteiger partial charge on any atom is -0.411 e. The lowest BCUT2D eigenvalue weighted by molar-refractivity contribution is -0.172. The topological polar surface area (TPSA) is 73.1 Å². The molecule has 5 heteroatoms. The largest absolute Gasteiger partial charge is 0.411 e. The molecule has 32 heavy (non-hydrogen) atoms. The van der Waals surface area contributed by atoms with Crippen LogP contribution in [0.2, 0.25) is 0 Å². The molecule has 0 aromatic rings. The van der Waals surface area contributed by atoms with E-state index in [0.717, 1.165) is 18.8 Å². The Hall–Kier alpha value is -0.680. The van der Waals surface area contributed by atoms with Gasteiger partial charge in [-0.25, -0.2) is 4.39 Å². The lowest BCUT2D eigenvalue weighted by atomic mass is 9.42. The van der Waals surface area contributed by atoms with Crippen LogP contribution in [0.3, 0.4) is 0 Å². The van der Waals surface area contributed by atoms with Crippen LogP contribution < -0.4 is 0 Å². The molecule has 4 saturated carbocycles. The molecule has 4 aliphatic rings. The van der Waals surface area contributed by atoms with E-state index in [2.05, 4.69) is 32.9 Å². The van der Waals surface area contributed by atoms with Crippen LogP contribution in [0, 0.1) is 46.3 Å². The van der Waals surface area contributed by atoms with Crippen molar-refractivity contribution in [2.24, 2.45) is 51.5 Å². The summed E-state index contributed by atoms with van der Waals surface area (Å²) in [7, 11) is 0. The number of fused-ring (bicyclic) bond motifs is 5. The van der Waals surface area contributed by atoms with Crippen LogP contribution in [0.5, 0.6) is 0 Å². The fourth-order valence-corrected chi connectivity index (χ4v) is 9.18. The first-order valence-corrected chi connectivity index (χ1v) is 13.2. The third-order valence-electron chi connectivity index (χ3n) is 10.9. The predicted octanol–water partition coefficient (Wildman–Crippen LogP) is 5.97. The molecule has 184 valence electrons. The number of halogens is 1. The molecule has 0 spiro atoms. The van der Waals surface area contributed by atoms with E-state index in [-0.39, 0.29) is 29.9 Å². The third-order valence-corrected chi connectivity index (χ3v) is 10.9. The molecule has 10 atom stereocenters. The number of hydrogen-bond donors (Lipinski definition) is 3. The second kappa shape index (κ2) is 8.52. The molecule has 0 amide bonds. The molecule has 0 radical (unpaired) electrons. The molecule has 0 aromatic carbocycles. The number of aliphatic hydroxyl groups excluding tert-OH is 2. The summed E-state index contributed by atoms with van der Waals surface area (Å²) in [4.78, 5) is 0. The lowest BCUT2D eigenvalue weighted by Gasteiger charge is -2.63. The van der Waals surface area contributed by atoms with Gasteiger partial charge in [0.25, 0.3) is 0 Å². The standard InChI is InChI=1S/C27H46FNO3/c1-16(2)7-6-8-17(3)19-9-10-20-18-13-24(29-32)27(28)15-23(31)22(30)14-26(27,5)21(18)11-12-25(19,20)4/h16-23,30-32H,6-15H2,1-5H3/b29-24+/t17-,18+,19-,20+,21+,22+,23-,25-,26-,27+/m1/s1. The number of hydrogen-bond acceptors (Lipinski definition) is 4. The van der Waals surface area contributed by atoms with E-state index in [1.807, 2.05) is 6.92 Å². The quantitative estimate of drug-likeness (QED) is 0.356. The number of alkyl halides is 1. The molecular formula is C27H46FNO3. The van der Waals surface area contributed by atoms with E-state index in [9.17, 15) is 15.4 Å². The summed E-state index contributed by atoms with van der Waals surface area (Å²) in [6, 6.07) is 0. The van der Waals surface area contributed by atoms with Gasteiger partial charge in [-0.2, -0.15) is 0 Å². The maximum atomic E-state index is 16.5. The zero-order valence-corrected chi connectivity index (χ0v) is 20.9. The Morgan fingerprint density at radius 2 is 1.69 bits per heavy atom. The molecule has 4 fully saturated rings. The van der Waals surface area contributed by atoms with Crippen molar-refractivity contribution in [3.63, 3.8) is 0 Å². The average molecular weight is 452 g/mol. The summed E-state index contributed by atoms with van der Waals surface area (Å²) in [5, 5.41) is 34.1. The fourth-order valence-electron chi connectivity index (χ4n) is 9.18. The Labute approximate surface area is 194 Å². The molecule has 4 nitrogen and oxygen atoms in total. The second-order valence-corrected chi connectivity index (χ2v) is 12.9. The highest BCUT2D eigenvalue weighted by atomic mass is 19.1. The smallest absolute Gasteiger partial charge is 0.160 e. The van der Waals surface area contributed by atoms with Gasteiger partial charge in [0.15, 0.2) is 5.67 Å². The van der Waals surface area contributed by atoms with E-state index < -0.39 is 23.3 Å². The summed E-state index contributed by atoms with van der Waals surface area (Å²) in [6.45, 7) is 11.5. The van der Waals surface area contributed by atoms with Gasteiger partial charge in [0.2, 0.25) is 0 Å². The van der Waals surface area contributed by atoms with E-state index in [1.54, 1.807) is 0 Å². The SMILES string of the molecule is CC(C)CCC[C@@H](C)[C@H]1CC[C@H]2[C@@H]3C/C(=N\O)[C@@]4(F)C[C@@H](O)[C@@H](O)C[C@]4(C)[C@H]3CC[C@]12C. The first-order valence-electron chi connectivity index (χ1n) is 13.2. The fraction of sp³-hybridized carbons (Fsp3) is 0.963. The number of nitrogens with zero attached hydrogens (tertiary/aromatic N) is 1. The molecule has 0 aliphatic heterocycles. The van der Waals surface area contributed by atoms with E-state index in [0.29, 0.717) is 30.1 Å². The molecule has 0 unspecified atom stereocenters. The Morgan fingerprint density at radius 3 is 2.34 bits per heavy atom. The van der Waals surface area contributed by atoms with Gasteiger partial charge in [-0.05, 0) is 79.4 Å². The van der Waals surface area contributed by atoms with E-state index in [4.69, 9.17) is 0 Å². The highest BCUT2D eigenvalue weighted by Crippen LogP contribution is 2.69. The lowest BCUT2D eigenvalue weighted by Crippen LogP contribution is -2.67. The number of oxime groups is 1. The molecule has 0 heterocycles. The summed E-state index contributed by atoms with van der Waals surface area (Å²) >= 11 is 0. The summed E-state index contributed by atoms with van der Waals surface area (Å²) in [6.07, 6.45) is 6.95. The highest BCUT2D eigenvalue weighted by molar-refractivity contribution is 5.94. The van der Waals surface area contributed by atoms with Crippen LogP contribution in [0.1, 0.15) is 98.8 Å². The van der Waals surface area contributed by atoms with E-state index in [1.165, 1.54) is 32.1 Å². The maximum Gasteiger partial charge on any atom is 0.160 e. The van der Waals surface area contributed by atoms with Crippen LogP contribution in [0.25, 0.3) is 0 Å². The van der Waals surface area contributed by atoms with Crippen molar-refractivity contribution in [2.75, 3.05) is 0 Å². The molecule has 4 rings (SSSR count). The Bertz CT molecular complexity index is 728. The van der Waals surface area contributed by atoms with Crippen molar-refractivity contribution < 1.29 is 19.8 Å². The number of aliphatic hydroxyl groups is 2. The maximum absolute atomic E-state index is 16.5. The van der Waals surface area contributed by atoms with Gasteiger partial charge in [-0.3, -0.25) is 0 Å².